The molecule has 0 unspecified atom stereocenters. The van der Waals surface area contributed by atoms with Crippen LogP contribution in [0.5, 0.6) is 0 Å². The monoisotopic (exact) mass is 493 g/mol. The molecule has 0 aliphatic carbocycles. The third-order valence-electron chi connectivity index (χ3n) is 6.30. The Hall–Kier alpha value is -4.30. The maximum Gasteiger partial charge on any atom is 0.248 e. The van der Waals surface area contributed by atoms with Crippen LogP contribution in [0.3, 0.4) is 0 Å². The minimum absolute atomic E-state index is 0.142. The highest BCUT2D eigenvalue weighted by Crippen LogP contribution is 2.30. The molecule has 1 aliphatic rings. The number of hydrogen-bond donors (Lipinski definition) is 2. The first kappa shape index (κ1) is 24.4. The van der Waals surface area contributed by atoms with Crippen LogP contribution >= 0.6 is 0 Å². The second-order valence-electron chi connectivity index (χ2n) is 9.55. The number of carbonyl (C=O) groups is 1. The summed E-state index contributed by atoms with van der Waals surface area (Å²) >= 11 is 0. The van der Waals surface area contributed by atoms with E-state index in [4.69, 9.17) is 4.98 Å². The smallest absolute Gasteiger partial charge is 0.248 e. The standard InChI is InChI=1S/C29H31N7O/c1-20(2)16-27(37)32-23-8-4-6-21(17-23)25-9-5-7-22-18-31-29(34-28(22)25)33-24-10-11-26(30-19-24)36-14-12-35(3)13-15-36/h4-11,16-19H,12-15H2,1-3H3,(H,32,37)(H,31,33,34). The van der Waals surface area contributed by atoms with Gasteiger partial charge in [-0.15, -0.1) is 0 Å². The number of likely N-dealkylation sites (N-methyl/N-ethyl adjacent to an activating group) is 1. The summed E-state index contributed by atoms with van der Waals surface area (Å²) in [5.74, 6) is 1.34. The molecule has 2 aromatic heterocycles. The van der Waals surface area contributed by atoms with E-state index in [0.717, 1.165) is 71.0 Å². The quantitative estimate of drug-likeness (QED) is 0.362. The lowest BCUT2D eigenvalue weighted by molar-refractivity contribution is -0.111. The molecule has 0 spiro atoms. The zero-order chi connectivity index (χ0) is 25.8. The van der Waals surface area contributed by atoms with Gasteiger partial charge < -0.3 is 20.4 Å². The Morgan fingerprint density at radius 1 is 0.919 bits per heavy atom. The number of nitrogens with one attached hydrogen (secondary N) is 2. The van der Waals surface area contributed by atoms with Gasteiger partial charge in [0.1, 0.15) is 5.82 Å². The summed E-state index contributed by atoms with van der Waals surface area (Å²) < 4.78 is 0. The van der Waals surface area contributed by atoms with Gasteiger partial charge in [-0.2, -0.15) is 0 Å². The molecular formula is C29H31N7O. The molecule has 188 valence electrons. The number of amides is 1. The zero-order valence-corrected chi connectivity index (χ0v) is 21.4. The van der Waals surface area contributed by atoms with Crippen LogP contribution in [0, 0.1) is 0 Å². The van der Waals surface area contributed by atoms with Gasteiger partial charge in [0, 0.05) is 55.1 Å². The number of fused-ring (bicyclic) bond motifs is 1. The number of hydrogen-bond acceptors (Lipinski definition) is 7. The number of anilines is 4. The molecule has 3 heterocycles. The van der Waals surface area contributed by atoms with E-state index in [2.05, 4.69) is 37.4 Å². The van der Waals surface area contributed by atoms with Crippen molar-refractivity contribution in [2.45, 2.75) is 13.8 Å². The fourth-order valence-electron chi connectivity index (χ4n) is 4.37. The lowest BCUT2D eigenvalue weighted by atomic mass is 10.0. The van der Waals surface area contributed by atoms with E-state index >= 15 is 0 Å². The van der Waals surface area contributed by atoms with Gasteiger partial charge in [0.15, 0.2) is 0 Å². The highest BCUT2D eigenvalue weighted by Gasteiger charge is 2.15. The Bertz CT molecular complexity index is 1440. The van der Waals surface area contributed by atoms with Crippen molar-refractivity contribution in [1.29, 1.82) is 0 Å². The molecule has 37 heavy (non-hydrogen) atoms. The SMILES string of the molecule is CC(C)=CC(=O)Nc1cccc(-c2cccc3cnc(Nc4ccc(N5CCN(C)CC5)nc4)nc23)c1. The molecule has 0 bridgehead atoms. The van der Waals surface area contributed by atoms with Gasteiger partial charge in [0.05, 0.1) is 17.4 Å². The van der Waals surface area contributed by atoms with Crippen LogP contribution in [-0.4, -0.2) is 59.0 Å². The van der Waals surface area contributed by atoms with Crippen LogP contribution in [-0.2, 0) is 4.79 Å². The van der Waals surface area contributed by atoms with E-state index in [-0.39, 0.29) is 5.91 Å². The van der Waals surface area contributed by atoms with E-state index in [1.807, 2.05) is 80.8 Å². The normalized spacial score (nSPS) is 13.9. The molecule has 0 saturated carbocycles. The highest BCUT2D eigenvalue weighted by atomic mass is 16.1. The first-order chi connectivity index (χ1) is 17.9. The van der Waals surface area contributed by atoms with Crippen LogP contribution < -0.4 is 15.5 Å². The molecule has 5 rings (SSSR count). The number of nitrogens with zero attached hydrogens (tertiary/aromatic N) is 5. The van der Waals surface area contributed by atoms with Gasteiger partial charge in [0.25, 0.3) is 0 Å². The molecule has 8 heteroatoms. The summed E-state index contributed by atoms with van der Waals surface area (Å²) in [5.41, 5.74) is 5.27. The number of rotatable bonds is 6. The summed E-state index contributed by atoms with van der Waals surface area (Å²) in [5, 5.41) is 7.16. The number of piperazine rings is 1. The average molecular weight is 494 g/mol. The van der Waals surface area contributed by atoms with Crippen molar-refractivity contribution in [3.63, 3.8) is 0 Å². The predicted octanol–water partition coefficient (Wildman–Crippen LogP) is 5.09. The van der Waals surface area contributed by atoms with Crippen molar-refractivity contribution in [3.05, 3.63) is 78.6 Å². The van der Waals surface area contributed by atoms with Crippen LogP contribution in [0.1, 0.15) is 13.8 Å². The molecule has 1 fully saturated rings. The molecule has 1 aliphatic heterocycles. The third-order valence-corrected chi connectivity index (χ3v) is 6.30. The van der Waals surface area contributed by atoms with Crippen LogP contribution in [0.25, 0.3) is 22.0 Å². The van der Waals surface area contributed by atoms with E-state index in [0.29, 0.717) is 5.95 Å². The molecule has 4 aromatic rings. The first-order valence-electron chi connectivity index (χ1n) is 12.4. The number of carbonyl (C=O) groups excluding carboxylic acids is 1. The molecule has 0 radical (unpaired) electrons. The highest BCUT2D eigenvalue weighted by molar-refractivity contribution is 6.00. The summed E-state index contributed by atoms with van der Waals surface area (Å²) in [6, 6.07) is 17.9. The van der Waals surface area contributed by atoms with E-state index in [1.165, 1.54) is 0 Å². The zero-order valence-electron chi connectivity index (χ0n) is 21.4. The molecule has 2 aromatic carbocycles. The molecule has 8 nitrogen and oxygen atoms in total. The largest absolute Gasteiger partial charge is 0.354 e. The first-order valence-corrected chi connectivity index (χ1v) is 12.4. The molecule has 1 saturated heterocycles. The topological polar surface area (TPSA) is 86.3 Å². The number of allylic oxidation sites excluding steroid dienone is 1. The van der Waals surface area contributed by atoms with Crippen molar-refractivity contribution in [2.75, 3.05) is 48.8 Å². The second kappa shape index (κ2) is 10.8. The van der Waals surface area contributed by atoms with E-state index < -0.39 is 0 Å². The fraction of sp³-hybridized carbons (Fsp3) is 0.241. The van der Waals surface area contributed by atoms with Crippen molar-refractivity contribution < 1.29 is 4.79 Å². The number of para-hydroxylation sites is 1. The predicted molar refractivity (Wildman–Crippen MR) is 150 cm³/mol. The Labute approximate surface area is 217 Å². The van der Waals surface area contributed by atoms with E-state index in [9.17, 15) is 4.79 Å². The van der Waals surface area contributed by atoms with Crippen molar-refractivity contribution in [2.24, 2.45) is 0 Å². The van der Waals surface area contributed by atoms with Gasteiger partial charge in [0.2, 0.25) is 11.9 Å². The van der Waals surface area contributed by atoms with Crippen molar-refractivity contribution >= 4 is 40.0 Å². The fourth-order valence-corrected chi connectivity index (χ4v) is 4.37. The third kappa shape index (κ3) is 5.92. The minimum Gasteiger partial charge on any atom is -0.354 e. The number of aromatic nitrogens is 3. The van der Waals surface area contributed by atoms with Crippen LogP contribution in [0.2, 0.25) is 0 Å². The molecule has 1 amide bonds. The average Bonchev–Trinajstić information content (AvgIpc) is 2.89. The number of pyridine rings is 1. The number of benzene rings is 2. The summed E-state index contributed by atoms with van der Waals surface area (Å²) in [6.07, 6.45) is 5.23. The van der Waals surface area contributed by atoms with Gasteiger partial charge in [-0.05, 0) is 50.7 Å². The Morgan fingerprint density at radius 3 is 2.49 bits per heavy atom. The lowest BCUT2D eigenvalue weighted by Gasteiger charge is -2.33. The lowest BCUT2D eigenvalue weighted by Crippen LogP contribution is -2.44. The van der Waals surface area contributed by atoms with Crippen LogP contribution in [0.15, 0.2) is 78.6 Å². The molecular weight excluding hydrogens is 462 g/mol. The van der Waals surface area contributed by atoms with Crippen LogP contribution in [0.4, 0.5) is 23.1 Å². The summed E-state index contributed by atoms with van der Waals surface area (Å²) in [6.45, 7) is 7.84. The van der Waals surface area contributed by atoms with Crippen molar-refractivity contribution in [3.8, 4) is 11.1 Å². The van der Waals surface area contributed by atoms with Gasteiger partial charge in [-0.1, -0.05) is 35.9 Å². The Morgan fingerprint density at radius 2 is 1.73 bits per heavy atom. The summed E-state index contributed by atoms with van der Waals surface area (Å²) in [7, 11) is 2.15. The maximum absolute atomic E-state index is 12.2. The molecule has 0 atom stereocenters. The van der Waals surface area contributed by atoms with Gasteiger partial charge >= 0.3 is 0 Å². The van der Waals surface area contributed by atoms with Gasteiger partial charge in [-0.25, -0.2) is 15.0 Å². The van der Waals surface area contributed by atoms with E-state index in [1.54, 1.807) is 6.08 Å². The maximum atomic E-state index is 12.2. The minimum atomic E-state index is -0.142. The van der Waals surface area contributed by atoms with Gasteiger partial charge in [-0.3, -0.25) is 4.79 Å². The molecule has 2 N–H and O–H groups in total. The second-order valence-corrected chi connectivity index (χ2v) is 9.55. The summed E-state index contributed by atoms with van der Waals surface area (Å²) in [4.78, 5) is 30.8. The Kier molecular flexibility index (Phi) is 7.09. The van der Waals surface area contributed by atoms with Crippen molar-refractivity contribution in [1.82, 2.24) is 19.9 Å². The Balaban J connectivity index is 1.38.